The summed E-state index contributed by atoms with van der Waals surface area (Å²) in [6.45, 7) is 2.20. The highest BCUT2D eigenvalue weighted by Gasteiger charge is 1.95. The summed E-state index contributed by atoms with van der Waals surface area (Å²) in [4.78, 5) is 0. The summed E-state index contributed by atoms with van der Waals surface area (Å²) in [6, 6.07) is 4.03. The minimum Gasteiger partial charge on any atom is -0.392 e. The Morgan fingerprint density at radius 2 is 2.42 bits per heavy atom. The molecule has 0 bridgehead atoms. The van der Waals surface area contributed by atoms with Gasteiger partial charge in [0, 0.05) is 18.9 Å². The van der Waals surface area contributed by atoms with Crippen LogP contribution in [0.2, 0.25) is 0 Å². The fraction of sp³-hybridized carbons (Fsp3) is 0.400. The number of nitrogens with zero attached hydrogens (tertiary/aromatic N) is 1. The summed E-state index contributed by atoms with van der Waals surface area (Å²) in [5.74, 6) is 0. The smallest absolute Gasteiger partial charge is 0.0645 e. The first-order valence-electron chi connectivity index (χ1n) is 4.19. The van der Waals surface area contributed by atoms with Crippen LogP contribution in [0.1, 0.15) is 19.0 Å². The van der Waals surface area contributed by atoms with Crippen LogP contribution in [0.5, 0.6) is 0 Å². The van der Waals surface area contributed by atoms with Crippen LogP contribution in [0, 0.1) is 0 Å². The van der Waals surface area contributed by atoms with Crippen molar-refractivity contribution >= 4 is 6.08 Å². The summed E-state index contributed by atoms with van der Waals surface area (Å²) in [6.07, 6.45) is 4.93. The fourth-order valence-corrected chi connectivity index (χ4v) is 1.09. The monoisotopic (exact) mass is 165 g/mol. The van der Waals surface area contributed by atoms with Gasteiger partial charge in [-0.25, -0.2) is 0 Å². The zero-order valence-corrected chi connectivity index (χ0v) is 7.62. The molecule has 66 valence electrons. The Morgan fingerprint density at radius 3 is 2.83 bits per heavy atom. The molecule has 1 N–H and O–H groups in total. The molecule has 0 aliphatic heterocycles. The minimum absolute atomic E-state index is 0.154. The van der Waals surface area contributed by atoms with Crippen LogP contribution in [0.3, 0.4) is 0 Å². The molecule has 2 heteroatoms. The highest BCUT2D eigenvalue weighted by atomic mass is 16.3. The summed E-state index contributed by atoms with van der Waals surface area (Å²) in [5, 5.41) is 8.94. The Morgan fingerprint density at radius 1 is 1.67 bits per heavy atom. The minimum atomic E-state index is 0.154. The Bertz CT molecular complexity index is 267. The highest BCUT2D eigenvalue weighted by molar-refractivity contribution is 5.49. The number of hydrogen-bond donors (Lipinski definition) is 1. The SMILES string of the molecule is CCC(=Cc1cccn1C)CO. The summed E-state index contributed by atoms with van der Waals surface area (Å²) in [7, 11) is 2.00. The molecule has 0 saturated carbocycles. The number of aliphatic hydroxyl groups excluding tert-OH is 1. The van der Waals surface area contributed by atoms with Gasteiger partial charge in [-0.1, -0.05) is 6.92 Å². The Balaban J connectivity index is 2.85. The number of aromatic nitrogens is 1. The maximum absolute atomic E-state index is 8.94. The third kappa shape index (κ3) is 1.98. The Labute approximate surface area is 73.1 Å². The molecule has 0 atom stereocenters. The van der Waals surface area contributed by atoms with Crippen molar-refractivity contribution in [1.29, 1.82) is 0 Å². The van der Waals surface area contributed by atoms with Crippen molar-refractivity contribution in [1.82, 2.24) is 4.57 Å². The molecule has 0 aromatic carbocycles. The number of aryl methyl sites for hydroxylation is 1. The van der Waals surface area contributed by atoms with Gasteiger partial charge in [-0.3, -0.25) is 0 Å². The summed E-state index contributed by atoms with van der Waals surface area (Å²) < 4.78 is 2.03. The van der Waals surface area contributed by atoms with Crippen LogP contribution in [0.25, 0.3) is 6.08 Å². The topological polar surface area (TPSA) is 25.2 Å². The van der Waals surface area contributed by atoms with Crippen molar-refractivity contribution in [2.45, 2.75) is 13.3 Å². The van der Waals surface area contributed by atoms with Crippen molar-refractivity contribution in [2.75, 3.05) is 6.61 Å². The molecule has 0 fully saturated rings. The predicted molar refractivity (Wildman–Crippen MR) is 50.8 cm³/mol. The van der Waals surface area contributed by atoms with Crippen LogP contribution in [0.4, 0.5) is 0 Å². The second-order valence-electron chi connectivity index (χ2n) is 2.86. The van der Waals surface area contributed by atoms with E-state index in [0.717, 1.165) is 17.7 Å². The van der Waals surface area contributed by atoms with Crippen LogP contribution in [-0.4, -0.2) is 16.3 Å². The van der Waals surface area contributed by atoms with E-state index in [2.05, 4.69) is 0 Å². The van der Waals surface area contributed by atoms with E-state index in [1.165, 1.54) is 0 Å². The van der Waals surface area contributed by atoms with Gasteiger partial charge >= 0.3 is 0 Å². The molecule has 0 aliphatic carbocycles. The lowest BCUT2D eigenvalue weighted by molar-refractivity contribution is 0.329. The zero-order valence-electron chi connectivity index (χ0n) is 7.62. The van der Waals surface area contributed by atoms with Crippen molar-refractivity contribution in [3.05, 3.63) is 29.6 Å². The normalized spacial score (nSPS) is 12.1. The molecule has 1 rings (SSSR count). The lowest BCUT2D eigenvalue weighted by atomic mass is 10.2. The first-order chi connectivity index (χ1) is 5.77. The molecule has 0 unspecified atom stereocenters. The molecule has 1 aromatic heterocycles. The molecular formula is C10H15NO. The van der Waals surface area contributed by atoms with Gasteiger partial charge in [0.1, 0.15) is 0 Å². The third-order valence-corrected chi connectivity index (χ3v) is 1.99. The molecule has 2 nitrogen and oxygen atoms in total. The van der Waals surface area contributed by atoms with Crippen LogP contribution >= 0.6 is 0 Å². The van der Waals surface area contributed by atoms with Gasteiger partial charge in [0.05, 0.1) is 6.61 Å². The summed E-state index contributed by atoms with van der Waals surface area (Å²) in [5.41, 5.74) is 2.21. The van der Waals surface area contributed by atoms with E-state index in [9.17, 15) is 0 Å². The number of rotatable bonds is 3. The van der Waals surface area contributed by atoms with E-state index < -0.39 is 0 Å². The molecule has 12 heavy (non-hydrogen) atoms. The van der Waals surface area contributed by atoms with Crippen molar-refractivity contribution in [3.8, 4) is 0 Å². The highest BCUT2D eigenvalue weighted by Crippen LogP contribution is 2.08. The van der Waals surface area contributed by atoms with Gasteiger partial charge in [-0.2, -0.15) is 0 Å². The van der Waals surface area contributed by atoms with Crippen molar-refractivity contribution in [2.24, 2.45) is 7.05 Å². The van der Waals surface area contributed by atoms with E-state index in [1.807, 2.05) is 42.9 Å². The van der Waals surface area contributed by atoms with E-state index in [4.69, 9.17) is 5.11 Å². The predicted octanol–water partition coefficient (Wildman–Crippen LogP) is 1.81. The number of hydrogen-bond acceptors (Lipinski definition) is 1. The maximum atomic E-state index is 8.94. The molecule has 0 amide bonds. The van der Waals surface area contributed by atoms with Crippen LogP contribution in [-0.2, 0) is 7.05 Å². The van der Waals surface area contributed by atoms with Gasteiger partial charge in [0.15, 0.2) is 0 Å². The van der Waals surface area contributed by atoms with E-state index in [-0.39, 0.29) is 6.61 Å². The molecule has 1 aromatic rings. The quantitative estimate of drug-likeness (QED) is 0.726. The van der Waals surface area contributed by atoms with Gasteiger partial charge < -0.3 is 9.67 Å². The molecule has 0 spiro atoms. The first-order valence-corrected chi connectivity index (χ1v) is 4.19. The maximum Gasteiger partial charge on any atom is 0.0645 e. The van der Waals surface area contributed by atoms with Crippen LogP contribution < -0.4 is 0 Å². The van der Waals surface area contributed by atoms with Crippen molar-refractivity contribution < 1.29 is 5.11 Å². The lowest BCUT2D eigenvalue weighted by Crippen LogP contribution is -1.92. The van der Waals surface area contributed by atoms with E-state index >= 15 is 0 Å². The van der Waals surface area contributed by atoms with Gasteiger partial charge in [0.25, 0.3) is 0 Å². The Kier molecular flexibility index (Phi) is 3.11. The Hall–Kier alpha value is -1.02. The lowest BCUT2D eigenvalue weighted by Gasteiger charge is -2.00. The zero-order chi connectivity index (χ0) is 8.97. The first kappa shape index (κ1) is 9.07. The average Bonchev–Trinajstić information content (AvgIpc) is 2.47. The molecule has 0 radical (unpaired) electrons. The molecular weight excluding hydrogens is 150 g/mol. The summed E-state index contributed by atoms with van der Waals surface area (Å²) >= 11 is 0. The van der Waals surface area contributed by atoms with Gasteiger partial charge in [-0.05, 0) is 30.2 Å². The second-order valence-corrected chi connectivity index (χ2v) is 2.86. The third-order valence-electron chi connectivity index (χ3n) is 1.99. The van der Waals surface area contributed by atoms with Crippen LogP contribution in [0.15, 0.2) is 23.9 Å². The van der Waals surface area contributed by atoms with Crippen molar-refractivity contribution in [3.63, 3.8) is 0 Å². The standard InChI is InChI=1S/C10H15NO/c1-3-9(8-12)7-10-5-4-6-11(10)2/h4-7,12H,3,8H2,1-2H3. The molecule has 0 saturated heterocycles. The number of aliphatic hydroxyl groups is 1. The molecule has 0 aliphatic rings. The fourth-order valence-electron chi connectivity index (χ4n) is 1.09. The van der Waals surface area contributed by atoms with Gasteiger partial charge in [-0.15, -0.1) is 0 Å². The molecule has 1 heterocycles. The second kappa shape index (κ2) is 4.12. The van der Waals surface area contributed by atoms with E-state index in [1.54, 1.807) is 0 Å². The van der Waals surface area contributed by atoms with E-state index in [0.29, 0.717) is 0 Å². The van der Waals surface area contributed by atoms with Gasteiger partial charge in [0.2, 0.25) is 0 Å². The largest absolute Gasteiger partial charge is 0.392 e. The average molecular weight is 165 g/mol.